The second kappa shape index (κ2) is 7.18. The number of thioether (sulfide) groups is 1. The minimum Gasteiger partial charge on any atom is -0.367 e. The Balaban J connectivity index is 1.51. The predicted molar refractivity (Wildman–Crippen MR) is 89.8 cm³/mol. The molecule has 1 aromatic heterocycles. The van der Waals surface area contributed by atoms with Gasteiger partial charge in [0.1, 0.15) is 0 Å². The number of benzene rings is 1. The van der Waals surface area contributed by atoms with Crippen LogP contribution in [0.15, 0.2) is 29.4 Å². The summed E-state index contributed by atoms with van der Waals surface area (Å²) < 4.78 is 1.56. The van der Waals surface area contributed by atoms with Crippen molar-refractivity contribution in [3.05, 3.63) is 29.3 Å². The molecule has 0 aliphatic carbocycles. The largest absolute Gasteiger partial charge is 0.367 e. The predicted octanol–water partition coefficient (Wildman–Crippen LogP) is 1.30. The second-order valence-corrected chi connectivity index (χ2v) is 6.54. The van der Waals surface area contributed by atoms with Crippen LogP contribution in [0.5, 0.6) is 0 Å². The summed E-state index contributed by atoms with van der Waals surface area (Å²) in [5.74, 6) is 0.456. The van der Waals surface area contributed by atoms with Gasteiger partial charge in [-0.1, -0.05) is 35.5 Å². The van der Waals surface area contributed by atoms with Crippen molar-refractivity contribution in [1.29, 1.82) is 0 Å². The lowest BCUT2D eigenvalue weighted by atomic mass is 10.2. The van der Waals surface area contributed by atoms with Crippen molar-refractivity contribution >= 4 is 35.0 Å². The number of carbonyl (C=O) groups excluding carboxylic acids is 1. The molecule has 1 amide bonds. The van der Waals surface area contributed by atoms with Gasteiger partial charge in [-0.25, -0.2) is 4.68 Å². The molecule has 23 heavy (non-hydrogen) atoms. The summed E-state index contributed by atoms with van der Waals surface area (Å²) in [5, 5.41) is 12.6. The van der Waals surface area contributed by atoms with Gasteiger partial charge in [-0.05, 0) is 22.6 Å². The molecule has 0 atom stereocenters. The first-order valence-corrected chi connectivity index (χ1v) is 8.64. The lowest BCUT2D eigenvalue weighted by molar-refractivity contribution is -0.128. The number of para-hydroxylation sites is 1. The quantitative estimate of drug-likeness (QED) is 0.773. The van der Waals surface area contributed by atoms with E-state index in [1.54, 1.807) is 11.7 Å². The van der Waals surface area contributed by atoms with Crippen LogP contribution in [0.4, 0.5) is 5.69 Å². The van der Waals surface area contributed by atoms with E-state index in [-0.39, 0.29) is 5.91 Å². The van der Waals surface area contributed by atoms with E-state index in [4.69, 9.17) is 11.6 Å². The highest BCUT2D eigenvalue weighted by Gasteiger charge is 2.22. The van der Waals surface area contributed by atoms with Crippen LogP contribution in [0, 0.1) is 0 Å². The normalized spacial score (nSPS) is 15.0. The van der Waals surface area contributed by atoms with E-state index < -0.39 is 0 Å². The molecule has 0 radical (unpaired) electrons. The number of anilines is 1. The van der Waals surface area contributed by atoms with Crippen LogP contribution < -0.4 is 4.90 Å². The van der Waals surface area contributed by atoms with Crippen molar-refractivity contribution in [3.63, 3.8) is 0 Å². The lowest BCUT2D eigenvalue weighted by Gasteiger charge is -2.36. The highest BCUT2D eigenvalue weighted by molar-refractivity contribution is 7.99. The molecular formula is C14H17ClN6OS. The fourth-order valence-electron chi connectivity index (χ4n) is 2.47. The van der Waals surface area contributed by atoms with Crippen molar-refractivity contribution in [2.24, 2.45) is 7.05 Å². The van der Waals surface area contributed by atoms with Gasteiger partial charge in [-0.3, -0.25) is 4.79 Å². The summed E-state index contributed by atoms with van der Waals surface area (Å²) in [6.45, 7) is 2.96. The van der Waals surface area contributed by atoms with Gasteiger partial charge in [0.05, 0.1) is 16.5 Å². The molecule has 2 aromatic rings. The van der Waals surface area contributed by atoms with Crippen molar-refractivity contribution < 1.29 is 4.79 Å². The Morgan fingerprint density at radius 1 is 1.26 bits per heavy atom. The smallest absolute Gasteiger partial charge is 0.233 e. The van der Waals surface area contributed by atoms with E-state index in [1.165, 1.54) is 11.8 Å². The summed E-state index contributed by atoms with van der Waals surface area (Å²) in [4.78, 5) is 16.4. The van der Waals surface area contributed by atoms with E-state index in [1.807, 2.05) is 29.2 Å². The van der Waals surface area contributed by atoms with Gasteiger partial charge < -0.3 is 9.80 Å². The van der Waals surface area contributed by atoms with Gasteiger partial charge in [0.15, 0.2) is 0 Å². The van der Waals surface area contributed by atoms with Crippen LogP contribution in [-0.4, -0.2) is 62.9 Å². The summed E-state index contributed by atoms with van der Waals surface area (Å²) in [5.41, 5.74) is 1.03. The molecule has 9 heteroatoms. The SMILES string of the molecule is Cn1nnnc1SCC(=O)N1CCN(c2ccccc2Cl)CC1. The van der Waals surface area contributed by atoms with Crippen LogP contribution in [0.2, 0.25) is 5.02 Å². The highest BCUT2D eigenvalue weighted by atomic mass is 35.5. The summed E-state index contributed by atoms with van der Waals surface area (Å²) >= 11 is 7.59. The molecule has 1 aliphatic heterocycles. The number of halogens is 1. The van der Waals surface area contributed by atoms with Crippen LogP contribution >= 0.6 is 23.4 Å². The number of aromatic nitrogens is 4. The number of carbonyl (C=O) groups is 1. The maximum absolute atomic E-state index is 12.3. The fourth-order valence-corrected chi connectivity index (χ4v) is 3.47. The first-order chi connectivity index (χ1) is 11.1. The molecule has 7 nitrogen and oxygen atoms in total. The summed E-state index contributed by atoms with van der Waals surface area (Å²) in [6, 6.07) is 7.80. The molecular weight excluding hydrogens is 336 g/mol. The van der Waals surface area contributed by atoms with E-state index in [2.05, 4.69) is 20.4 Å². The van der Waals surface area contributed by atoms with Crippen LogP contribution in [0.25, 0.3) is 0 Å². The average molecular weight is 353 g/mol. The van der Waals surface area contributed by atoms with E-state index in [0.717, 1.165) is 23.8 Å². The molecule has 0 bridgehead atoms. The number of piperazine rings is 1. The summed E-state index contributed by atoms with van der Waals surface area (Å²) in [7, 11) is 1.76. The average Bonchev–Trinajstić information content (AvgIpc) is 2.98. The van der Waals surface area contributed by atoms with Gasteiger partial charge in [-0.15, -0.1) is 5.10 Å². The minimum atomic E-state index is 0.108. The lowest BCUT2D eigenvalue weighted by Crippen LogP contribution is -2.49. The Labute approximate surface area is 143 Å². The molecule has 122 valence electrons. The van der Waals surface area contributed by atoms with Gasteiger partial charge in [0, 0.05) is 33.2 Å². The maximum Gasteiger partial charge on any atom is 0.233 e. The standard InChI is InChI=1S/C14H17ClN6OS/c1-19-14(16-17-18-19)23-10-13(22)21-8-6-20(7-9-21)12-5-3-2-4-11(12)15/h2-5H,6-10H2,1H3. The first kappa shape index (κ1) is 16.1. The Morgan fingerprint density at radius 3 is 2.65 bits per heavy atom. The second-order valence-electron chi connectivity index (χ2n) is 5.19. The fraction of sp³-hybridized carbons (Fsp3) is 0.429. The topological polar surface area (TPSA) is 67.2 Å². The van der Waals surface area contributed by atoms with Gasteiger partial charge in [-0.2, -0.15) is 0 Å². The summed E-state index contributed by atoms with van der Waals surface area (Å²) in [6.07, 6.45) is 0. The third-order valence-corrected chi connectivity index (χ3v) is 5.05. The number of rotatable bonds is 4. The molecule has 1 fully saturated rings. The number of aryl methyl sites for hydroxylation is 1. The third kappa shape index (κ3) is 3.76. The molecule has 2 heterocycles. The Kier molecular flexibility index (Phi) is 5.02. The molecule has 0 N–H and O–H groups in total. The molecule has 0 spiro atoms. The monoisotopic (exact) mass is 352 g/mol. The van der Waals surface area contributed by atoms with Crippen molar-refractivity contribution in [2.75, 3.05) is 36.8 Å². The third-order valence-electron chi connectivity index (χ3n) is 3.73. The zero-order chi connectivity index (χ0) is 16.2. The first-order valence-electron chi connectivity index (χ1n) is 7.27. The van der Waals surface area contributed by atoms with E-state index >= 15 is 0 Å². The molecule has 1 aromatic carbocycles. The minimum absolute atomic E-state index is 0.108. The van der Waals surface area contributed by atoms with Crippen LogP contribution in [0.1, 0.15) is 0 Å². The number of amides is 1. The van der Waals surface area contributed by atoms with Gasteiger partial charge in [0.2, 0.25) is 11.1 Å². The van der Waals surface area contributed by atoms with E-state index in [0.29, 0.717) is 24.0 Å². The number of hydrogen-bond acceptors (Lipinski definition) is 6. The van der Waals surface area contributed by atoms with Crippen LogP contribution in [-0.2, 0) is 11.8 Å². The number of hydrogen-bond donors (Lipinski definition) is 0. The zero-order valence-corrected chi connectivity index (χ0v) is 14.3. The van der Waals surface area contributed by atoms with Crippen molar-refractivity contribution in [3.8, 4) is 0 Å². The molecule has 1 aliphatic rings. The Morgan fingerprint density at radius 2 is 2.00 bits per heavy atom. The number of tetrazole rings is 1. The highest BCUT2D eigenvalue weighted by Crippen LogP contribution is 2.26. The Hall–Kier alpha value is -1.80. The molecule has 1 saturated heterocycles. The number of nitrogens with zero attached hydrogens (tertiary/aromatic N) is 6. The van der Waals surface area contributed by atoms with Gasteiger partial charge >= 0.3 is 0 Å². The molecule has 0 unspecified atom stereocenters. The van der Waals surface area contributed by atoms with E-state index in [9.17, 15) is 4.79 Å². The molecule has 3 rings (SSSR count). The maximum atomic E-state index is 12.3. The zero-order valence-electron chi connectivity index (χ0n) is 12.7. The van der Waals surface area contributed by atoms with Crippen LogP contribution in [0.3, 0.4) is 0 Å². The van der Waals surface area contributed by atoms with Gasteiger partial charge in [0.25, 0.3) is 0 Å². The molecule has 0 saturated carbocycles. The Bertz CT molecular complexity index is 685. The van der Waals surface area contributed by atoms with Crippen molar-refractivity contribution in [1.82, 2.24) is 25.1 Å². The van der Waals surface area contributed by atoms with Crippen molar-refractivity contribution in [2.45, 2.75) is 5.16 Å².